The molecule has 1 aromatic rings. The maximum Gasteiger partial charge on any atom is 0.424 e. The molecule has 20 heavy (non-hydrogen) atoms. The second kappa shape index (κ2) is 5.29. The van der Waals surface area contributed by atoms with Gasteiger partial charge in [-0.2, -0.15) is 17.9 Å². The van der Waals surface area contributed by atoms with Crippen LogP contribution in [0.3, 0.4) is 0 Å². The fourth-order valence-electron chi connectivity index (χ4n) is 1.50. The average Bonchev–Trinajstić information content (AvgIpc) is 2.87. The molecule has 1 aromatic heterocycles. The summed E-state index contributed by atoms with van der Waals surface area (Å²) in [4.78, 5) is 13.8. The standard InChI is InChI=1S/C10H11F3N2O4S/c1-3-20(17,18)15-9(8(16)19-2,10(11,12)13)7-5-4-6-14-7/h3-6,14-15H,1H2,2H3. The SMILES string of the molecule is C=CS(=O)(=O)NC(C(=O)OC)(c1ccc[nH]1)C(F)(F)F. The van der Waals surface area contributed by atoms with E-state index >= 15 is 0 Å². The molecule has 0 fully saturated rings. The van der Waals surface area contributed by atoms with E-state index < -0.39 is 33.4 Å². The molecule has 0 aliphatic rings. The molecule has 2 N–H and O–H groups in total. The van der Waals surface area contributed by atoms with Gasteiger partial charge in [0.25, 0.3) is 5.54 Å². The number of ether oxygens (including phenoxy) is 1. The molecule has 0 aromatic carbocycles. The highest BCUT2D eigenvalue weighted by molar-refractivity contribution is 7.92. The van der Waals surface area contributed by atoms with E-state index in [1.807, 2.05) is 0 Å². The number of nitrogens with one attached hydrogen (secondary N) is 2. The number of halogens is 3. The maximum absolute atomic E-state index is 13.4. The molecule has 1 atom stereocenters. The summed E-state index contributed by atoms with van der Waals surface area (Å²) < 4.78 is 68.3. The number of methoxy groups -OCH3 is 1. The van der Waals surface area contributed by atoms with Crippen molar-refractivity contribution in [2.45, 2.75) is 11.7 Å². The summed E-state index contributed by atoms with van der Waals surface area (Å²) >= 11 is 0. The molecular weight excluding hydrogens is 301 g/mol. The molecular formula is C10H11F3N2O4S. The number of carbonyl (C=O) groups is 1. The van der Waals surface area contributed by atoms with E-state index in [-0.39, 0.29) is 5.41 Å². The number of aromatic nitrogens is 1. The van der Waals surface area contributed by atoms with E-state index in [0.717, 1.165) is 12.3 Å². The fourth-order valence-corrected chi connectivity index (χ4v) is 2.32. The third-order valence-corrected chi connectivity index (χ3v) is 3.46. The van der Waals surface area contributed by atoms with Crippen LogP contribution in [0.5, 0.6) is 0 Å². The lowest BCUT2D eigenvalue weighted by atomic mass is 9.96. The number of sulfonamides is 1. The maximum atomic E-state index is 13.4. The van der Waals surface area contributed by atoms with Gasteiger partial charge in [-0.25, -0.2) is 13.2 Å². The van der Waals surface area contributed by atoms with Gasteiger partial charge in [0.15, 0.2) is 0 Å². The Kier molecular flexibility index (Phi) is 4.30. The molecule has 1 unspecified atom stereocenters. The third kappa shape index (κ3) is 2.70. The monoisotopic (exact) mass is 312 g/mol. The van der Waals surface area contributed by atoms with Gasteiger partial charge in [0.1, 0.15) is 0 Å². The Morgan fingerprint density at radius 3 is 2.45 bits per heavy atom. The molecule has 0 radical (unpaired) electrons. The Labute approximate surface area is 112 Å². The van der Waals surface area contributed by atoms with E-state index in [2.05, 4.69) is 16.3 Å². The second-order valence-electron chi connectivity index (χ2n) is 3.64. The molecule has 0 amide bonds. The van der Waals surface area contributed by atoms with Gasteiger partial charge >= 0.3 is 12.1 Å². The number of carbonyl (C=O) groups excluding carboxylic acids is 1. The van der Waals surface area contributed by atoms with Crippen molar-refractivity contribution in [1.82, 2.24) is 9.71 Å². The summed E-state index contributed by atoms with van der Waals surface area (Å²) in [6, 6.07) is 2.09. The first-order valence-electron chi connectivity index (χ1n) is 5.06. The fraction of sp³-hybridized carbons (Fsp3) is 0.300. The summed E-state index contributed by atoms with van der Waals surface area (Å²) in [6.45, 7) is 2.88. The van der Waals surface area contributed by atoms with Gasteiger partial charge in [0, 0.05) is 11.6 Å². The highest BCUT2D eigenvalue weighted by Crippen LogP contribution is 2.40. The molecule has 1 rings (SSSR count). The van der Waals surface area contributed by atoms with E-state index in [9.17, 15) is 26.4 Å². The van der Waals surface area contributed by atoms with Crippen molar-refractivity contribution in [1.29, 1.82) is 0 Å². The highest BCUT2D eigenvalue weighted by Gasteiger charge is 2.65. The lowest BCUT2D eigenvalue weighted by Crippen LogP contribution is -2.61. The van der Waals surface area contributed by atoms with E-state index in [0.29, 0.717) is 7.11 Å². The smallest absolute Gasteiger partial charge is 0.424 e. The predicted molar refractivity (Wildman–Crippen MR) is 62.8 cm³/mol. The van der Waals surface area contributed by atoms with Crippen LogP contribution in [-0.2, 0) is 25.1 Å². The van der Waals surface area contributed by atoms with E-state index in [4.69, 9.17) is 0 Å². The first kappa shape index (κ1) is 16.2. The van der Waals surface area contributed by atoms with Crippen LogP contribution in [0.1, 0.15) is 5.69 Å². The first-order valence-corrected chi connectivity index (χ1v) is 6.61. The number of hydrogen-bond acceptors (Lipinski definition) is 4. The molecule has 0 saturated heterocycles. The van der Waals surface area contributed by atoms with Gasteiger partial charge in [-0.3, -0.25) is 0 Å². The van der Waals surface area contributed by atoms with Gasteiger partial charge in [-0.05, 0) is 12.1 Å². The Hall–Kier alpha value is -1.81. The van der Waals surface area contributed by atoms with Crippen molar-refractivity contribution in [2.75, 3.05) is 7.11 Å². The Morgan fingerprint density at radius 1 is 1.50 bits per heavy atom. The number of hydrogen-bond donors (Lipinski definition) is 2. The van der Waals surface area contributed by atoms with Crippen molar-refractivity contribution >= 4 is 16.0 Å². The molecule has 1 heterocycles. The Balaban J connectivity index is 3.60. The van der Waals surface area contributed by atoms with Crippen LogP contribution >= 0.6 is 0 Å². The van der Waals surface area contributed by atoms with E-state index in [1.165, 1.54) is 10.8 Å². The van der Waals surface area contributed by atoms with Crippen LogP contribution in [0.15, 0.2) is 30.3 Å². The zero-order valence-electron chi connectivity index (χ0n) is 10.2. The second-order valence-corrected chi connectivity index (χ2v) is 5.26. The van der Waals surface area contributed by atoms with Crippen LogP contribution in [0, 0.1) is 0 Å². The lowest BCUT2D eigenvalue weighted by molar-refractivity contribution is -0.211. The van der Waals surface area contributed by atoms with Gasteiger partial charge in [0.05, 0.1) is 12.8 Å². The van der Waals surface area contributed by atoms with Gasteiger partial charge in [-0.1, -0.05) is 6.58 Å². The zero-order valence-corrected chi connectivity index (χ0v) is 11.0. The topological polar surface area (TPSA) is 88.3 Å². The normalized spacial score (nSPS) is 15.4. The number of alkyl halides is 3. The van der Waals surface area contributed by atoms with Crippen molar-refractivity contribution < 1.29 is 31.1 Å². The summed E-state index contributed by atoms with van der Waals surface area (Å²) in [5.74, 6) is -1.82. The highest BCUT2D eigenvalue weighted by atomic mass is 32.2. The first-order chi connectivity index (χ1) is 9.10. The average molecular weight is 312 g/mol. The van der Waals surface area contributed by atoms with Crippen molar-refractivity contribution in [2.24, 2.45) is 0 Å². The van der Waals surface area contributed by atoms with Crippen LogP contribution in [-0.4, -0.2) is 32.7 Å². The van der Waals surface area contributed by atoms with E-state index in [1.54, 1.807) is 0 Å². The van der Waals surface area contributed by atoms with Crippen LogP contribution < -0.4 is 4.72 Å². The van der Waals surface area contributed by atoms with Crippen molar-refractivity contribution in [3.05, 3.63) is 36.0 Å². The minimum Gasteiger partial charge on any atom is -0.467 e. The molecule has 6 nitrogen and oxygen atoms in total. The molecule has 0 saturated carbocycles. The quantitative estimate of drug-likeness (QED) is 0.794. The van der Waals surface area contributed by atoms with Crippen LogP contribution in [0.25, 0.3) is 0 Å². The number of esters is 1. The third-order valence-electron chi connectivity index (χ3n) is 2.43. The molecule has 0 aliphatic heterocycles. The Morgan fingerprint density at radius 2 is 2.10 bits per heavy atom. The van der Waals surface area contributed by atoms with Crippen molar-refractivity contribution in [3.8, 4) is 0 Å². The predicted octanol–water partition coefficient (Wildman–Crippen LogP) is 1.01. The van der Waals surface area contributed by atoms with Crippen LogP contribution in [0.2, 0.25) is 0 Å². The summed E-state index contributed by atoms with van der Waals surface area (Å²) in [7, 11) is -3.85. The minimum atomic E-state index is -5.28. The Bertz CT molecular complexity index is 595. The molecule has 0 aliphatic carbocycles. The number of rotatable bonds is 5. The van der Waals surface area contributed by atoms with Crippen LogP contribution in [0.4, 0.5) is 13.2 Å². The lowest BCUT2D eigenvalue weighted by Gasteiger charge is -2.32. The number of H-pyrrole nitrogens is 1. The summed E-state index contributed by atoms with van der Waals surface area (Å²) in [6.07, 6.45) is -4.16. The molecule has 0 spiro atoms. The van der Waals surface area contributed by atoms with Crippen molar-refractivity contribution in [3.63, 3.8) is 0 Å². The van der Waals surface area contributed by atoms with Gasteiger partial charge in [0.2, 0.25) is 10.0 Å². The summed E-state index contributed by atoms with van der Waals surface area (Å²) in [5, 5.41) is 0.263. The minimum absolute atomic E-state index is 0.263. The molecule has 112 valence electrons. The largest absolute Gasteiger partial charge is 0.467 e. The van der Waals surface area contributed by atoms with Gasteiger partial charge < -0.3 is 9.72 Å². The summed E-state index contributed by atoms with van der Waals surface area (Å²) in [5.41, 5.74) is -4.29. The van der Waals surface area contributed by atoms with Gasteiger partial charge in [-0.15, -0.1) is 0 Å². The molecule has 10 heteroatoms. The number of aromatic amines is 1. The zero-order chi connectivity index (χ0) is 15.6. The molecule has 0 bridgehead atoms.